The number of anilines is 1. The lowest BCUT2D eigenvalue weighted by Crippen LogP contribution is -2.32. The fraction of sp³-hybridized carbons (Fsp3) is 0.278. The van der Waals surface area contributed by atoms with E-state index in [1.54, 1.807) is 19.1 Å². The molecule has 2 aromatic rings. The highest BCUT2D eigenvalue weighted by Gasteiger charge is 2.21. The molecule has 0 bridgehead atoms. The Balaban J connectivity index is 2.13. The van der Waals surface area contributed by atoms with E-state index in [4.69, 9.17) is 4.74 Å². The summed E-state index contributed by atoms with van der Waals surface area (Å²) < 4.78 is 5.72. The van der Waals surface area contributed by atoms with Gasteiger partial charge in [0.15, 0.2) is 6.10 Å². The molecule has 0 radical (unpaired) electrons. The van der Waals surface area contributed by atoms with Crippen molar-refractivity contribution in [2.45, 2.75) is 33.3 Å². The first-order valence-electron chi connectivity index (χ1n) is 7.70. The van der Waals surface area contributed by atoms with Gasteiger partial charge < -0.3 is 10.1 Å². The Bertz CT molecular complexity index is 741. The average Bonchev–Trinajstić information content (AvgIpc) is 2.55. The average molecular weight is 328 g/mol. The smallest absolute Gasteiger partial charge is 0.274 e. The van der Waals surface area contributed by atoms with Crippen LogP contribution in [0.4, 0.5) is 11.4 Å². The molecule has 0 saturated heterocycles. The fourth-order valence-corrected chi connectivity index (χ4v) is 2.27. The maximum Gasteiger partial charge on any atom is 0.274 e. The third-order valence-corrected chi connectivity index (χ3v) is 3.72. The summed E-state index contributed by atoms with van der Waals surface area (Å²) in [6.45, 7) is 5.42. The van der Waals surface area contributed by atoms with Gasteiger partial charge in [0.05, 0.1) is 16.2 Å². The van der Waals surface area contributed by atoms with Crippen LogP contribution in [0, 0.1) is 24.0 Å². The van der Waals surface area contributed by atoms with Gasteiger partial charge in [0.25, 0.3) is 11.6 Å². The number of carbonyl (C=O) groups is 1. The molecule has 24 heavy (non-hydrogen) atoms. The molecular formula is C18H20N2O4. The summed E-state index contributed by atoms with van der Waals surface area (Å²) in [7, 11) is 0. The molecule has 2 aromatic carbocycles. The first kappa shape index (κ1) is 17.5. The second kappa shape index (κ2) is 7.59. The van der Waals surface area contributed by atoms with E-state index >= 15 is 0 Å². The number of benzene rings is 2. The van der Waals surface area contributed by atoms with Gasteiger partial charge in [-0.2, -0.15) is 0 Å². The summed E-state index contributed by atoms with van der Waals surface area (Å²) in [4.78, 5) is 23.0. The zero-order chi connectivity index (χ0) is 17.7. The van der Waals surface area contributed by atoms with Crippen molar-refractivity contribution in [3.63, 3.8) is 0 Å². The van der Waals surface area contributed by atoms with Crippen LogP contribution in [0.5, 0.6) is 5.75 Å². The molecule has 126 valence electrons. The van der Waals surface area contributed by atoms with E-state index in [2.05, 4.69) is 5.32 Å². The van der Waals surface area contributed by atoms with Crippen LogP contribution in [-0.4, -0.2) is 16.9 Å². The van der Waals surface area contributed by atoms with Crippen molar-refractivity contribution >= 4 is 17.3 Å². The molecule has 1 unspecified atom stereocenters. The van der Waals surface area contributed by atoms with Crippen LogP contribution in [0.25, 0.3) is 0 Å². The molecule has 0 aromatic heterocycles. The molecule has 6 heteroatoms. The molecular weight excluding hydrogens is 308 g/mol. The molecule has 0 aliphatic carbocycles. The van der Waals surface area contributed by atoms with Crippen molar-refractivity contribution in [2.75, 3.05) is 5.32 Å². The van der Waals surface area contributed by atoms with Gasteiger partial charge in [0.1, 0.15) is 5.75 Å². The number of hydrogen-bond acceptors (Lipinski definition) is 4. The summed E-state index contributed by atoms with van der Waals surface area (Å²) in [5, 5.41) is 13.7. The number of amides is 1. The quantitative estimate of drug-likeness (QED) is 0.641. The number of nitrogens with one attached hydrogen (secondary N) is 1. The zero-order valence-corrected chi connectivity index (χ0v) is 13.9. The Morgan fingerprint density at radius 1 is 1.21 bits per heavy atom. The van der Waals surface area contributed by atoms with Crippen LogP contribution in [0.15, 0.2) is 42.5 Å². The molecule has 0 saturated carbocycles. The number of hydrogen-bond donors (Lipinski definition) is 1. The Morgan fingerprint density at radius 3 is 2.46 bits per heavy atom. The first-order chi connectivity index (χ1) is 11.4. The minimum absolute atomic E-state index is 0.0275. The Hall–Kier alpha value is -2.89. The molecule has 0 aliphatic rings. The van der Waals surface area contributed by atoms with Gasteiger partial charge in [-0.15, -0.1) is 0 Å². The Morgan fingerprint density at radius 2 is 1.88 bits per heavy atom. The first-order valence-corrected chi connectivity index (χ1v) is 7.70. The van der Waals surface area contributed by atoms with Crippen molar-refractivity contribution < 1.29 is 14.5 Å². The molecule has 1 amide bonds. The third kappa shape index (κ3) is 4.10. The van der Waals surface area contributed by atoms with Gasteiger partial charge in [-0.1, -0.05) is 30.7 Å². The van der Waals surface area contributed by atoms with Crippen molar-refractivity contribution in [2.24, 2.45) is 0 Å². The Labute approximate surface area is 140 Å². The van der Waals surface area contributed by atoms with Gasteiger partial charge in [-0.25, -0.2) is 0 Å². The summed E-state index contributed by atoms with van der Waals surface area (Å²) >= 11 is 0. The van der Waals surface area contributed by atoms with Crippen molar-refractivity contribution in [3.8, 4) is 5.75 Å². The molecule has 0 spiro atoms. The van der Waals surface area contributed by atoms with Gasteiger partial charge in [0.2, 0.25) is 0 Å². The normalized spacial score (nSPS) is 11.6. The largest absolute Gasteiger partial charge is 0.481 e. The van der Waals surface area contributed by atoms with Crippen LogP contribution in [-0.2, 0) is 4.79 Å². The minimum Gasteiger partial charge on any atom is -0.481 e. The molecule has 0 aliphatic heterocycles. The van der Waals surface area contributed by atoms with Crippen LogP contribution in [0.1, 0.15) is 24.5 Å². The van der Waals surface area contributed by atoms with E-state index in [0.29, 0.717) is 23.4 Å². The van der Waals surface area contributed by atoms with Gasteiger partial charge in [-0.05, 0) is 38.5 Å². The molecule has 0 fully saturated rings. The topological polar surface area (TPSA) is 81.5 Å². The maximum absolute atomic E-state index is 12.4. The second-order valence-corrected chi connectivity index (χ2v) is 5.52. The maximum atomic E-state index is 12.4. The predicted molar refractivity (Wildman–Crippen MR) is 92.3 cm³/mol. The summed E-state index contributed by atoms with van der Waals surface area (Å²) in [6, 6.07) is 12.0. The van der Waals surface area contributed by atoms with Gasteiger partial charge >= 0.3 is 0 Å². The number of nitro benzene ring substituents is 1. The van der Waals surface area contributed by atoms with E-state index < -0.39 is 11.0 Å². The van der Waals surface area contributed by atoms with Crippen molar-refractivity contribution in [1.29, 1.82) is 0 Å². The number of nitrogens with zero attached hydrogens (tertiary/aromatic N) is 1. The number of nitro groups is 1. The lowest BCUT2D eigenvalue weighted by atomic mass is 10.1. The molecule has 1 atom stereocenters. The van der Waals surface area contributed by atoms with Gasteiger partial charge in [0, 0.05) is 6.07 Å². The van der Waals surface area contributed by atoms with E-state index in [1.807, 2.05) is 38.1 Å². The van der Waals surface area contributed by atoms with Crippen LogP contribution in [0.2, 0.25) is 0 Å². The second-order valence-electron chi connectivity index (χ2n) is 5.52. The van der Waals surface area contributed by atoms with Crippen LogP contribution < -0.4 is 10.1 Å². The summed E-state index contributed by atoms with van der Waals surface area (Å²) in [6.07, 6.45) is -0.195. The van der Waals surface area contributed by atoms with Crippen LogP contribution >= 0.6 is 0 Å². The number of ether oxygens (including phenoxy) is 1. The zero-order valence-electron chi connectivity index (χ0n) is 13.9. The monoisotopic (exact) mass is 328 g/mol. The highest BCUT2D eigenvalue weighted by Crippen LogP contribution is 2.25. The van der Waals surface area contributed by atoms with Gasteiger partial charge in [-0.3, -0.25) is 14.9 Å². The standard InChI is InChI=1S/C18H20N2O4/c1-4-17(24-14-10-8-12(2)9-11-14)18(21)19-15-6-5-7-16(13(15)3)20(22)23/h5-11,17H,4H2,1-3H3,(H,19,21). The van der Waals surface area contributed by atoms with E-state index in [9.17, 15) is 14.9 Å². The van der Waals surface area contributed by atoms with Crippen molar-refractivity contribution in [1.82, 2.24) is 0 Å². The number of carbonyl (C=O) groups excluding carboxylic acids is 1. The lowest BCUT2D eigenvalue weighted by molar-refractivity contribution is -0.385. The summed E-state index contributed by atoms with van der Waals surface area (Å²) in [5.41, 5.74) is 1.91. The molecule has 1 N–H and O–H groups in total. The Kier molecular flexibility index (Phi) is 5.52. The number of rotatable bonds is 6. The molecule has 0 heterocycles. The summed E-state index contributed by atoms with van der Waals surface area (Å²) in [5.74, 6) is 0.278. The predicted octanol–water partition coefficient (Wildman–Crippen LogP) is 4.01. The lowest BCUT2D eigenvalue weighted by Gasteiger charge is -2.18. The highest BCUT2D eigenvalue weighted by molar-refractivity contribution is 5.95. The third-order valence-electron chi connectivity index (χ3n) is 3.72. The van der Waals surface area contributed by atoms with E-state index in [1.165, 1.54) is 6.07 Å². The fourth-order valence-electron chi connectivity index (χ4n) is 2.27. The minimum atomic E-state index is -0.675. The van der Waals surface area contributed by atoms with Crippen LogP contribution in [0.3, 0.4) is 0 Å². The molecule has 6 nitrogen and oxygen atoms in total. The molecule has 2 rings (SSSR count). The number of aryl methyl sites for hydroxylation is 1. The van der Waals surface area contributed by atoms with E-state index in [-0.39, 0.29) is 11.6 Å². The van der Waals surface area contributed by atoms with Crippen molar-refractivity contribution in [3.05, 3.63) is 63.7 Å². The highest BCUT2D eigenvalue weighted by atomic mass is 16.6. The SMILES string of the molecule is CCC(Oc1ccc(C)cc1)C(=O)Nc1cccc([N+](=O)[O-])c1C. The van der Waals surface area contributed by atoms with E-state index in [0.717, 1.165) is 5.56 Å².